The number of fused-ring (bicyclic) bond motifs is 1. The van der Waals surface area contributed by atoms with Crippen LogP contribution in [0.1, 0.15) is 5.69 Å². The van der Waals surface area contributed by atoms with Crippen LogP contribution in [-0.2, 0) is 0 Å². The quantitative estimate of drug-likeness (QED) is 0.601. The molecule has 0 N–H and O–H groups in total. The summed E-state index contributed by atoms with van der Waals surface area (Å²) in [5, 5.41) is 0. The predicted molar refractivity (Wildman–Crippen MR) is 57.6 cm³/mol. The zero-order valence-electron chi connectivity index (χ0n) is 8.34. The van der Waals surface area contributed by atoms with Crippen LogP contribution in [-0.4, -0.2) is 9.38 Å². The molecule has 0 unspecified atom stereocenters. The third kappa shape index (κ3) is 1.16. The van der Waals surface area contributed by atoms with Crippen LogP contribution in [0.25, 0.3) is 17.1 Å². The Kier molecular flexibility index (Phi) is 1.65. The van der Waals surface area contributed by atoms with E-state index >= 15 is 0 Å². The summed E-state index contributed by atoms with van der Waals surface area (Å²) in [5.41, 5.74) is 2.95. The van der Waals surface area contributed by atoms with Gasteiger partial charge in [-0.1, -0.05) is 6.07 Å². The monoisotopic (exact) mass is 198 g/mol. The molecule has 0 bridgehead atoms. The zero-order valence-corrected chi connectivity index (χ0v) is 8.34. The largest absolute Gasteiger partial charge is 0.463 e. The molecular weight excluding hydrogens is 188 g/mol. The Bertz CT molecular complexity index is 593. The van der Waals surface area contributed by atoms with Crippen LogP contribution in [0.2, 0.25) is 0 Å². The summed E-state index contributed by atoms with van der Waals surface area (Å²) in [7, 11) is 0. The summed E-state index contributed by atoms with van der Waals surface area (Å²) < 4.78 is 7.41. The molecule has 3 heteroatoms. The van der Waals surface area contributed by atoms with E-state index in [0.29, 0.717) is 0 Å². The molecule has 0 aliphatic carbocycles. The molecule has 0 aliphatic rings. The van der Waals surface area contributed by atoms with Gasteiger partial charge in [0.05, 0.1) is 12.0 Å². The summed E-state index contributed by atoms with van der Waals surface area (Å²) in [6, 6.07) is 9.76. The van der Waals surface area contributed by atoms with Gasteiger partial charge in [0.25, 0.3) is 0 Å². The van der Waals surface area contributed by atoms with E-state index in [1.807, 2.05) is 43.5 Å². The van der Waals surface area contributed by atoms with Crippen molar-refractivity contribution in [3.05, 3.63) is 48.5 Å². The first-order valence-corrected chi connectivity index (χ1v) is 4.84. The van der Waals surface area contributed by atoms with Crippen molar-refractivity contribution >= 4 is 5.65 Å². The number of hydrogen-bond acceptors (Lipinski definition) is 2. The molecule has 0 amide bonds. The fraction of sp³-hybridized carbons (Fsp3) is 0.0833. The van der Waals surface area contributed by atoms with Crippen LogP contribution in [0.3, 0.4) is 0 Å². The molecule has 3 heterocycles. The van der Waals surface area contributed by atoms with Gasteiger partial charge in [-0.15, -0.1) is 0 Å². The molecule has 0 fully saturated rings. The summed E-state index contributed by atoms with van der Waals surface area (Å²) in [6.45, 7) is 2.04. The molecule has 0 radical (unpaired) electrons. The molecule has 3 aromatic heterocycles. The topological polar surface area (TPSA) is 30.4 Å². The highest BCUT2D eigenvalue weighted by atomic mass is 16.3. The number of pyridine rings is 1. The van der Waals surface area contributed by atoms with Crippen molar-refractivity contribution in [2.24, 2.45) is 0 Å². The minimum absolute atomic E-state index is 0.816. The van der Waals surface area contributed by atoms with Crippen LogP contribution >= 0.6 is 0 Å². The molecule has 74 valence electrons. The van der Waals surface area contributed by atoms with Gasteiger partial charge in [0, 0.05) is 6.20 Å². The predicted octanol–water partition coefficient (Wildman–Crippen LogP) is 2.90. The second kappa shape index (κ2) is 2.98. The van der Waals surface area contributed by atoms with Crippen molar-refractivity contribution in [3.63, 3.8) is 0 Å². The first kappa shape index (κ1) is 8.29. The number of hydrogen-bond donors (Lipinski definition) is 0. The van der Waals surface area contributed by atoms with Gasteiger partial charge in [-0.2, -0.15) is 0 Å². The van der Waals surface area contributed by atoms with Crippen LogP contribution in [0.5, 0.6) is 0 Å². The lowest BCUT2D eigenvalue weighted by molar-refractivity contribution is 0.580. The van der Waals surface area contributed by atoms with Crippen LogP contribution in [0.15, 0.2) is 47.2 Å². The number of rotatable bonds is 1. The second-order valence-electron chi connectivity index (χ2n) is 3.45. The number of aromatic nitrogens is 2. The molecule has 0 aromatic carbocycles. The SMILES string of the molecule is Cc1c(-c2ccco2)nc2ccccn12. The first-order chi connectivity index (χ1) is 7.36. The van der Waals surface area contributed by atoms with Crippen molar-refractivity contribution in [3.8, 4) is 11.5 Å². The summed E-state index contributed by atoms with van der Waals surface area (Å²) >= 11 is 0. The van der Waals surface area contributed by atoms with Gasteiger partial charge in [0.1, 0.15) is 11.3 Å². The third-order valence-corrected chi connectivity index (χ3v) is 2.52. The molecule has 0 aliphatic heterocycles. The van der Waals surface area contributed by atoms with Gasteiger partial charge in [-0.05, 0) is 31.2 Å². The maximum atomic E-state index is 5.35. The average Bonchev–Trinajstić information content (AvgIpc) is 2.87. The Labute approximate surface area is 87.0 Å². The smallest absolute Gasteiger partial charge is 0.154 e. The Morgan fingerprint density at radius 2 is 2.13 bits per heavy atom. The zero-order chi connectivity index (χ0) is 10.3. The number of aryl methyl sites for hydroxylation is 1. The van der Waals surface area contributed by atoms with Crippen molar-refractivity contribution < 1.29 is 4.42 Å². The van der Waals surface area contributed by atoms with Crippen LogP contribution < -0.4 is 0 Å². The number of furan rings is 1. The maximum Gasteiger partial charge on any atom is 0.154 e. The fourth-order valence-corrected chi connectivity index (χ4v) is 1.77. The minimum Gasteiger partial charge on any atom is -0.463 e. The van der Waals surface area contributed by atoms with E-state index in [9.17, 15) is 0 Å². The van der Waals surface area contributed by atoms with Gasteiger partial charge in [-0.3, -0.25) is 0 Å². The highest BCUT2D eigenvalue weighted by molar-refractivity contribution is 5.61. The van der Waals surface area contributed by atoms with E-state index in [0.717, 1.165) is 22.8 Å². The molecule has 0 saturated carbocycles. The van der Waals surface area contributed by atoms with Gasteiger partial charge in [-0.25, -0.2) is 4.98 Å². The van der Waals surface area contributed by atoms with Crippen molar-refractivity contribution in [2.75, 3.05) is 0 Å². The lowest BCUT2D eigenvalue weighted by Crippen LogP contribution is -1.85. The number of imidazole rings is 1. The highest BCUT2D eigenvalue weighted by Gasteiger charge is 2.11. The molecular formula is C12H10N2O. The summed E-state index contributed by atoms with van der Waals surface area (Å²) in [5.74, 6) is 0.816. The van der Waals surface area contributed by atoms with Crippen molar-refractivity contribution in [1.29, 1.82) is 0 Å². The van der Waals surface area contributed by atoms with Gasteiger partial charge in [0.15, 0.2) is 5.76 Å². The fourth-order valence-electron chi connectivity index (χ4n) is 1.77. The normalized spacial score (nSPS) is 11.0. The maximum absolute atomic E-state index is 5.35. The van der Waals surface area contributed by atoms with Crippen LogP contribution in [0, 0.1) is 6.92 Å². The molecule has 3 rings (SSSR count). The van der Waals surface area contributed by atoms with E-state index < -0.39 is 0 Å². The van der Waals surface area contributed by atoms with Gasteiger partial charge in [0.2, 0.25) is 0 Å². The second-order valence-corrected chi connectivity index (χ2v) is 3.45. The Balaban J connectivity index is 2.33. The van der Waals surface area contributed by atoms with Gasteiger partial charge >= 0.3 is 0 Å². The molecule has 0 spiro atoms. The van der Waals surface area contributed by atoms with Crippen LogP contribution in [0.4, 0.5) is 0 Å². The molecule has 0 atom stereocenters. The lowest BCUT2D eigenvalue weighted by Gasteiger charge is -1.94. The van der Waals surface area contributed by atoms with E-state index in [2.05, 4.69) is 9.38 Å². The van der Waals surface area contributed by atoms with Crippen molar-refractivity contribution in [1.82, 2.24) is 9.38 Å². The lowest BCUT2D eigenvalue weighted by atomic mass is 10.3. The Morgan fingerprint density at radius 3 is 2.87 bits per heavy atom. The van der Waals surface area contributed by atoms with E-state index in [4.69, 9.17) is 4.42 Å². The van der Waals surface area contributed by atoms with Gasteiger partial charge < -0.3 is 8.82 Å². The average molecular weight is 198 g/mol. The minimum atomic E-state index is 0.816. The van der Waals surface area contributed by atoms with E-state index in [1.54, 1.807) is 6.26 Å². The van der Waals surface area contributed by atoms with E-state index in [1.165, 1.54) is 0 Å². The first-order valence-electron chi connectivity index (χ1n) is 4.84. The highest BCUT2D eigenvalue weighted by Crippen LogP contribution is 2.23. The Morgan fingerprint density at radius 1 is 1.20 bits per heavy atom. The van der Waals surface area contributed by atoms with E-state index in [-0.39, 0.29) is 0 Å². The summed E-state index contributed by atoms with van der Waals surface area (Å²) in [4.78, 5) is 4.52. The number of nitrogens with zero attached hydrogens (tertiary/aromatic N) is 2. The third-order valence-electron chi connectivity index (χ3n) is 2.52. The molecule has 15 heavy (non-hydrogen) atoms. The molecule has 3 aromatic rings. The standard InChI is InChI=1S/C12H10N2O/c1-9-12(10-5-4-8-15-10)13-11-6-2-3-7-14(9)11/h2-8H,1H3. The molecule has 3 nitrogen and oxygen atoms in total. The molecule has 0 saturated heterocycles. The Hall–Kier alpha value is -2.03. The summed E-state index contributed by atoms with van der Waals surface area (Å²) in [6.07, 6.45) is 3.67. The van der Waals surface area contributed by atoms with Crippen molar-refractivity contribution in [2.45, 2.75) is 6.92 Å².